The van der Waals surface area contributed by atoms with Crippen molar-refractivity contribution in [3.8, 4) is 0 Å². The molecule has 2 rings (SSSR count). The predicted molar refractivity (Wildman–Crippen MR) is 153 cm³/mol. The van der Waals surface area contributed by atoms with Crippen LogP contribution in [0.4, 0.5) is 4.79 Å². The number of Topliss-reactive ketones (excluding diaryl/α,β-unsaturated/α-hetero) is 1. The molecule has 230 valence electrons. The molecule has 5 atom stereocenters. The zero-order valence-corrected chi connectivity index (χ0v) is 25.5. The van der Waals surface area contributed by atoms with Crippen molar-refractivity contribution in [2.24, 2.45) is 28.7 Å². The van der Waals surface area contributed by atoms with Gasteiger partial charge in [0, 0.05) is 13.2 Å². The lowest BCUT2D eigenvalue weighted by Gasteiger charge is -2.36. The van der Waals surface area contributed by atoms with Crippen molar-refractivity contribution in [3.05, 3.63) is 0 Å². The largest absolute Gasteiger partial charge is 0.376 e. The maximum Gasteiger partial charge on any atom is 0.315 e. The van der Waals surface area contributed by atoms with Gasteiger partial charge in [0.2, 0.25) is 17.6 Å². The Morgan fingerprint density at radius 2 is 1.57 bits per heavy atom. The molecule has 5 amide bonds. The van der Waals surface area contributed by atoms with E-state index in [0.717, 1.165) is 12.8 Å². The Hall–Kier alpha value is -2.73. The molecule has 0 spiro atoms. The van der Waals surface area contributed by atoms with Gasteiger partial charge < -0.3 is 37.1 Å². The molecule has 12 nitrogen and oxygen atoms in total. The summed E-state index contributed by atoms with van der Waals surface area (Å²) in [5.74, 6) is -2.68. The zero-order valence-electron chi connectivity index (χ0n) is 25.5. The van der Waals surface area contributed by atoms with Gasteiger partial charge in [-0.15, -0.1) is 0 Å². The van der Waals surface area contributed by atoms with Crippen LogP contribution in [0.5, 0.6) is 0 Å². The minimum absolute atomic E-state index is 0.0298. The number of nitrogens with one attached hydrogen (secondary N) is 3. The lowest BCUT2D eigenvalue weighted by Crippen LogP contribution is -2.61. The number of ketones is 1. The molecule has 0 saturated carbocycles. The summed E-state index contributed by atoms with van der Waals surface area (Å²) in [6.45, 7) is 14.3. The number of amides is 5. The fourth-order valence-corrected chi connectivity index (χ4v) is 5.16. The summed E-state index contributed by atoms with van der Waals surface area (Å²) >= 11 is 0. The van der Waals surface area contributed by atoms with E-state index in [9.17, 15) is 24.0 Å². The Morgan fingerprint density at radius 1 is 0.950 bits per heavy atom. The Labute approximate surface area is 239 Å². The third-order valence-corrected chi connectivity index (χ3v) is 7.19. The summed E-state index contributed by atoms with van der Waals surface area (Å²) in [6.07, 6.45) is 3.00. The van der Waals surface area contributed by atoms with E-state index in [4.69, 9.17) is 10.5 Å². The number of hydrogen-bond donors (Lipinski definition) is 5. The van der Waals surface area contributed by atoms with Crippen molar-refractivity contribution in [1.82, 2.24) is 20.9 Å². The van der Waals surface area contributed by atoms with Crippen LogP contribution in [0.15, 0.2) is 0 Å². The number of carbonyl (C=O) groups is 5. The highest BCUT2D eigenvalue weighted by Gasteiger charge is 2.43. The molecule has 0 bridgehead atoms. The molecule has 2 aliphatic heterocycles. The molecule has 0 aromatic rings. The molecule has 0 radical (unpaired) electrons. The molecule has 2 saturated heterocycles. The highest BCUT2D eigenvalue weighted by Crippen LogP contribution is 2.26. The highest BCUT2D eigenvalue weighted by molar-refractivity contribution is 6.37. The molecule has 4 unspecified atom stereocenters. The van der Waals surface area contributed by atoms with Crippen molar-refractivity contribution in [2.45, 2.75) is 111 Å². The fourth-order valence-electron chi connectivity index (χ4n) is 5.16. The smallest absolute Gasteiger partial charge is 0.315 e. The average Bonchev–Trinajstić information content (AvgIpc) is 3.57. The molecule has 2 heterocycles. The standard InChI is InChI=1S/C27H47N5O6.CH5N/c1-15(2)14-17(21(33)23(28)34)29-24(35)18-10-8-12-32(18)25(36)22(27(5,6)7)31-26(37)30-20(16(3)4)19-11-9-13-38-19;1-2/h15-20,22H,8-14H2,1-7H3,(H2,28,34)(H,29,35)(H2,30,31,37);2H2,1H3/t17?,18-,19?,20?,22?;/m0./s1. The molecule has 2 aliphatic rings. The lowest BCUT2D eigenvalue weighted by atomic mass is 9.85. The topological polar surface area (TPSA) is 186 Å². The van der Waals surface area contributed by atoms with Crippen LogP contribution in [0.1, 0.15) is 80.6 Å². The summed E-state index contributed by atoms with van der Waals surface area (Å²) in [6, 6.07) is -3.42. The number of ether oxygens (including phenoxy) is 1. The van der Waals surface area contributed by atoms with Gasteiger partial charge in [-0.25, -0.2) is 4.79 Å². The van der Waals surface area contributed by atoms with Crippen LogP contribution in [-0.2, 0) is 23.9 Å². The predicted octanol–water partition coefficient (Wildman–Crippen LogP) is 1.06. The van der Waals surface area contributed by atoms with E-state index in [-0.39, 0.29) is 36.3 Å². The average molecular weight is 569 g/mol. The first-order chi connectivity index (χ1) is 18.6. The third kappa shape index (κ3) is 10.0. The number of urea groups is 1. The van der Waals surface area contributed by atoms with Gasteiger partial charge in [0.25, 0.3) is 5.91 Å². The SMILES string of the molecule is CC(C)CC(NC(=O)[C@@H]1CCCN1C(=O)C(NC(=O)NC(C(C)C)C1CCCO1)C(C)(C)C)C(=O)C(N)=O.CN. The van der Waals surface area contributed by atoms with E-state index in [2.05, 4.69) is 21.7 Å². The van der Waals surface area contributed by atoms with Crippen LogP contribution in [0.25, 0.3) is 0 Å². The molecule has 40 heavy (non-hydrogen) atoms. The molecule has 7 N–H and O–H groups in total. The van der Waals surface area contributed by atoms with Gasteiger partial charge in [-0.1, -0.05) is 48.5 Å². The van der Waals surface area contributed by atoms with E-state index >= 15 is 0 Å². The summed E-state index contributed by atoms with van der Waals surface area (Å²) in [7, 11) is 1.50. The van der Waals surface area contributed by atoms with Crippen LogP contribution >= 0.6 is 0 Å². The van der Waals surface area contributed by atoms with E-state index in [1.54, 1.807) is 0 Å². The van der Waals surface area contributed by atoms with E-state index in [0.29, 0.717) is 26.0 Å². The Kier molecular flexibility index (Phi) is 14.0. The van der Waals surface area contributed by atoms with Crippen LogP contribution < -0.4 is 27.4 Å². The van der Waals surface area contributed by atoms with E-state index < -0.39 is 47.2 Å². The van der Waals surface area contributed by atoms with Gasteiger partial charge in [0.05, 0.1) is 18.2 Å². The number of carbonyl (C=O) groups excluding carboxylic acids is 5. The van der Waals surface area contributed by atoms with Crippen LogP contribution in [-0.4, -0.2) is 84.9 Å². The maximum absolute atomic E-state index is 13.8. The first kappa shape index (κ1) is 35.3. The molecule has 2 fully saturated rings. The van der Waals surface area contributed by atoms with Crippen molar-refractivity contribution in [3.63, 3.8) is 0 Å². The second-order valence-electron chi connectivity index (χ2n) is 12.3. The highest BCUT2D eigenvalue weighted by atomic mass is 16.5. The van der Waals surface area contributed by atoms with Crippen LogP contribution in [0.3, 0.4) is 0 Å². The number of nitrogens with two attached hydrogens (primary N) is 2. The van der Waals surface area contributed by atoms with Crippen molar-refractivity contribution in [2.75, 3.05) is 20.2 Å². The van der Waals surface area contributed by atoms with Gasteiger partial charge in [-0.3, -0.25) is 19.2 Å². The minimum Gasteiger partial charge on any atom is -0.376 e. The lowest BCUT2D eigenvalue weighted by molar-refractivity contribution is -0.143. The number of hydrogen-bond acceptors (Lipinski definition) is 7. The quantitative estimate of drug-likeness (QED) is 0.230. The van der Waals surface area contributed by atoms with E-state index in [1.165, 1.54) is 11.9 Å². The zero-order chi connectivity index (χ0) is 30.8. The number of primary amides is 1. The molecule has 12 heteroatoms. The van der Waals surface area contributed by atoms with Crippen molar-refractivity contribution < 1.29 is 28.7 Å². The van der Waals surface area contributed by atoms with Gasteiger partial charge in [-0.2, -0.15) is 0 Å². The monoisotopic (exact) mass is 568 g/mol. The third-order valence-electron chi connectivity index (χ3n) is 7.19. The van der Waals surface area contributed by atoms with Gasteiger partial charge in [-0.05, 0) is 56.4 Å². The normalized spacial score (nSPS) is 21.2. The van der Waals surface area contributed by atoms with Crippen molar-refractivity contribution >= 4 is 29.5 Å². The molecule has 0 aromatic carbocycles. The molecular formula is C28H52N6O6. The number of nitrogens with zero attached hydrogens (tertiary/aromatic N) is 1. The number of likely N-dealkylation sites (tertiary alicyclic amines) is 1. The van der Waals surface area contributed by atoms with Gasteiger partial charge >= 0.3 is 6.03 Å². The summed E-state index contributed by atoms with van der Waals surface area (Å²) < 4.78 is 5.79. The summed E-state index contributed by atoms with van der Waals surface area (Å²) in [5.41, 5.74) is 9.04. The van der Waals surface area contributed by atoms with Crippen LogP contribution in [0, 0.1) is 17.3 Å². The van der Waals surface area contributed by atoms with E-state index in [1.807, 2.05) is 48.5 Å². The van der Waals surface area contributed by atoms with Gasteiger partial charge in [0.15, 0.2) is 0 Å². The number of rotatable bonds is 11. The van der Waals surface area contributed by atoms with Gasteiger partial charge in [0.1, 0.15) is 12.1 Å². The molecular weight excluding hydrogens is 516 g/mol. The minimum atomic E-state index is -1.11. The van der Waals surface area contributed by atoms with Crippen LogP contribution in [0.2, 0.25) is 0 Å². The summed E-state index contributed by atoms with van der Waals surface area (Å²) in [5, 5.41) is 8.51. The first-order valence-electron chi connectivity index (χ1n) is 14.3. The molecule has 0 aliphatic carbocycles. The second kappa shape index (κ2) is 15.9. The molecule has 0 aromatic heterocycles. The Balaban J connectivity index is 0.00000391. The first-order valence-corrected chi connectivity index (χ1v) is 14.3. The Bertz CT molecular complexity index is 881. The second-order valence-corrected chi connectivity index (χ2v) is 12.3. The van der Waals surface area contributed by atoms with Crippen molar-refractivity contribution in [1.29, 1.82) is 0 Å². The fraction of sp³-hybridized carbons (Fsp3) is 0.821. The summed E-state index contributed by atoms with van der Waals surface area (Å²) in [4.78, 5) is 65.3. The Morgan fingerprint density at radius 3 is 2.05 bits per heavy atom. The maximum atomic E-state index is 13.8.